The molecule has 19 nitrogen and oxygen atoms in total. The molecule has 0 bridgehead atoms. The van der Waals surface area contributed by atoms with Gasteiger partial charge in [-0.15, -0.1) is 0 Å². The minimum absolute atomic E-state index is 0.00807. The maximum Gasteiger partial charge on any atom is 0.326 e. The molecule has 0 saturated carbocycles. The number of aromatic amines is 1. The van der Waals surface area contributed by atoms with Crippen molar-refractivity contribution in [1.82, 2.24) is 36.1 Å². The van der Waals surface area contributed by atoms with E-state index in [9.17, 15) is 43.8 Å². The van der Waals surface area contributed by atoms with Crippen molar-refractivity contribution in [3.63, 3.8) is 0 Å². The van der Waals surface area contributed by atoms with Gasteiger partial charge in [-0.1, -0.05) is 12.1 Å². The summed E-state index contributed by atoms with van der Waals surface area (Å²) in [6.45, 7) is -0.0983. The van der Waals surface area contributed by atoms with Gasteiger partial charge in [0, 0.05) is 37.7 Å². The molecule has 1 aromatic carbocycles. The molecular formula is C33H47N9O10. The number of likely N-dealkylation sites (tertiary alicyclic amines) is 1. The Balaban J connectivity index is 1.71. The fourth-order valence-corrected chi connectivity index (χ4v) is 5.64. The van der Waals surface area contributed by atoms with E-state index in [-0.39, 0.29) is 50.8 Å². The third-order valence-electron chi connectivity index (χ3n) is 8.45. The second-order valence-corrected chi connectivity index (χ2v) is 12.5. The topological polar surface area (TPSA) is 312 Å². The lowest BCUT2D eigenvalue weighted by Gasteiger charge is -2.27. The van der Waals surface area contributed by atoms with Crippen LogP contribution in [0.2, 0.25) is 0 Å². The molecule has 12 N–H and O–H groups in total. The van der Waals surface area contributed by atoms with Crippen LogP contribution in [-0.4, -0.2) is 122 Å². The van der Waals surface area contributed by atoms with Crippen molar-refractivity contribution in [3.05, 3.63) is 48.0 Å². The number of carboxylic acid groups (broad SMARTS) is 2. The lowest BCUT2D eigenvalue weighted by atomic mass is 10.0. The first-order chi connectivity index (χ1) is 24.8. The Labute approximate surface area is 299 Å². The fraction of sp³-hybridized carbons (Fsp3) is 0.515. The molecule has 0 unspecified atom stereocenters. The molecule has 1 saturated heterocycles. The molecule has 1 aliphatic heterocycles. The van der Waals surface area contributed by atoms with Crippen LogP contribution >= 0.6 is 0 Å². The van der Waals surface area contributed by atoms with Crippen LogP contribution in [0.3, 0.4) is 0 Å². The van der Waals surface area contributed by atoms with Crippen molar-refractivity contribution in [3.8, 4) is 5.75 Å². The number of carboxylic acids is 2. The standard InChI is InChI=1S/C33H47N9O10/c34-12-2-1-4-23(40-31(49)24(15-20-16-36-18-38-20)41-29(47)22(35)10-11-28(45)46)30(48)37-17-27(44)39-25(14-19-6-8-21(43)9-7-19)32(50)42-13-3-5-26(42)33(51)52/h6-9,16,18,22-26,43H,1-5,10-15,17,34-35H2,(H,36,38)(H,37,48)(H,39,44)(H,40,49)(H,41,47)(H,45,46)(H,51,52)/t22-,23-,24-,25-,26-/m0/s1. The van der Waals surface area contributed by atoms with Crippen LogP contribution in [0.4, 0.5) is 0 Å². The maximum absolute atomic E-state index is 13.5. The number of nitrogens with two attached hydrogens (primary N) is 2. The largest absolute Gasteiger partial charge is 0.508 e. The summed E-state index contributed by atoms with van der Waals surface area (Å²) in [5, 5.41) is 38.4. The Morgan fingerprint density at radius 3 is 2.25 bits per heavy atom. The molecule has 284 valence electrons. The van der Waals surface area contributed by atoms with E-state index in [4.69, 9.17) is 16.6 Å². The number of hydrogen-bond acceptors (Lipinski definition) is 11. The number of hydrogen-bond donors (Lipinski definition) is 10. The molecule has 0 aliphatic carbocycles. The number of carbonyl (C=O) groups is 7. The Morgan fingerprint density at radius 1 is 0.904 bits per heavy atom. The van der Waals surface area contributed by atoms with Gasteiger partial charge in [0.15, 0.2) is 0 Å². The second kappa shape index (κ2) is 20.3. The second-order valence-electron chi connectivity index (χ2n) is 12.5. The Hall–Kier alpha value is -5.56. The van der Waals surface area contributed by atoms with E-state index in [0.717, 1.165) is 0 Å². The zero-order valence-corrected chi connectivity index (χ0v) is 28.6. The van der Waals surface area contributed by atoms with Crippen LogP contribution in [0.25, 0.3) is 0 Å². The van der Waals surface area contributed by atoms with Gasteiger partial charge in [0.1, 0.15) is 29.9 Å². The number of aromatic hydroxyl groups is 1. The molecule has 3 rings (SSSR count). The molecule has 52 heavy (non-hydrogen) atoms. The first-order valence-electron chi connectivity index (χ1n) is 16.9. The van der Waals surface area contributed by atoms with E-state index >= 15 is 0 Å². The number of aromatic nitrogens is 2. The quantitative estimate of drug-likeness (QED) is 0.0615. The number of carbonyl (C=O) groups excluding carboxylic acids is 5. The van der Waals surface area contributed by atoms with Crippen LogP contribution in [0.1, 0.15) is 56.2 Å². The van der Waals surface area contributed by atoms with Gasteiger partial charge < -0.3 is 57.9 Å². The van der Waals surface area contributed by atoms with E-state index in [1.165, 1.54) is 29.6 Å². The summed E-state index contributed by atoms with van der Waals surface area (Å²) in [4.78, 5) is 97.0. The number of phenols is 1. The smallest absolute Gasteiger partial charge is 0.326 e. The van der Waals surface area contributed by atoms with Crippen molar-refractivity contribution < 1.29 is 48.9 Å². The first-order valence-corrected chi connectivity index (χ1v) is 16.9. The van der Waals surface area contributed by atoms with Gasteiger partial charge in [-0.2, -0.15) is 0 Å². The number of benzene rings is 1. The van der Waals surface area contributed by atoms with E-state index in [1.54, 1.807) is 12.1 Å². The molecule has 1 fully saturated rings. The van der Waals surface area contributed by atoms with Crippen LogP contribution in [0.5, 0.6) is 5.75 Å². The highest BCUT2D eigenvalue weighted by Gasteiger charge is 2.38. The number of amides is 5. The fourth-order valence-electron chi connectivity index (χ4n) is 5.64. The van der Waals surface area contributed by atoms with Gasteiger partial charge in [0.2, 0.25) is 29.5 Å². The Bertz CT molecular complexity index is 1540. The van der Waals surface area contributed by atoms with E-state index in [2.05, 4.69) is 31.2 Å². The number of phenolic OH excluding ortho intramolecular Hbond substituents is 1. The summed E-state index contributed by atoms with van der Waals surface area (Å²) in [6.07, 6.45) is 3.96. The average Bonchev–Trinajstić information content (AvgIpc) is 3.82. The predicted octanol–water partition coefficient (Wildman–Crippen LogP) is -2.13. The van der Waals surface area contributed by atoms with Crippen LogP contribution < -0.4 is 32.7 Å². The molecule has 2 heterocycles. The van der Waals surface area contributed by atoms with Gasteiger partial charge in [-0.25, -0.2) is 9.78 Å². The molecule has 19 heteroatoms. The lowest BCUT2D eigenvalue weighted by molar-refractivity contribution is -0.149. The molecule has 0 spiro atoms. The molecule has 5 atom stereocenters. The van der Waals surface area contributed by atoms with Crippen molar-refractivity contribution in [2.24, 2.45) is 11.5 Å². The summed E-state index contributed by atoms with van der Waals surface area (Å²) in [6, 6.07) is 0.0488. The number of imidazole rings is 1. The number of nitrogens with zero attached hydrogens (tertiary/aromatic N) is 2. The normalized spacial score (nSPS) is 16.2. The van der Waals surface area contributed by atoms with Gasteiger partial charge in [-0.3, -0.25) is 28.8 Å². The van der Waals surface area contributed by atoms with Gasteiger partial charge in [0.25, 0.3) is 0 Å². The molecule has 2 aromatic rings. The highest BCUT2D eigenvalue weighted by atomic mass is 16.4. The maximum atomic E-state index is 13.5. The summed E-state index contributed by atoms with van der Waals surface area (Å²) in [7, 11) is 0. The average molecular weight is 730 g/mol. The molecule has 1 aliphatic rings. The van der Waals surface area contributed by atoms with Crippen LogP contribution in [0.15, 0.2) is 36.8 Å². The van der Waals surface area contributed by atoms with E-state index in [1.807, 2.05) is 0 Å². The molecule has 5 amide bonds. The number of nitrogens with one attached hydrogen (secondary N) is 5. The zero-order valence-electron chi connectivity index (χ0n) is 28.6. The van der Waals surface area contributed by atoms with Crippen molar-refractivity contribution in [2.45, 2.75) is 88.0 Å². The van der Waals surface area contributed by atoms with Crippen molar-refractivity contribution in [2.75, 3.05) is 19.6 Å². The van der Waals surface area contributed by atoms with Gasteiger partial charge in [0.05, 0.1) is 18.9 Å². The Kier molecular flexibility index (Phi) is 16.0. The Morgan fingerprint density at radius 2 is 1.62 bits per heavy atom. The molecule has 0 radical (unpaired) electrons. The minimum atomic E-state index is -1.25. The summed E-state index contributed by atoms with van der Waals surface area (Å²) < 4.78 is 0. The molecule has 1 aromatic heterocycles. The van der Waals surface area contributed by atoms with Crippen LogP contribution in [0, 0.1) is 0 Å². The zero-order chi connectivity index (χ0) is 38.2. The first kappa shape index (κ1) is 40.9. The predicted molar refractivity (Wildman–Crippen MR) is 183 cm³/mol. The summed E-state index contributed by atoms with van der Waals surface area (Å²) in [5.41, 5.74) is 12.5. The summed E-state index contributed by atoms with van der Waals surface area (Å²) >= 11 is 0. The van der Waals surface area contributed by atoms with Crippen molar-refractivity contribution >= 4 is 41.5 Å². The number of unbranched alkanes of at least 4 members (excludes halogenated alkanes) is 1. The van der Waals surface area contributed by atoms with E-state index < -0.39 is 78.2 Å². The third kappa shape index (κ3) is 13.0. The molecular weight excluding hydrogens is 682 g/mol. The van der Waals surface area contributed by atoms with Crippen molar-refractivity contribution in [1.29, 1.82) is 0 Å². The highest BCUT2D eigenvalue weighted by molar-refractivity contribution is 5.95. The third-order valence-corrected chi connectivity index (χ3v) is 8.45. The summed E-state index contributed by atoms with van der Waals surface area (Å²) in [5.74, 6) is -5.97. The highest BCUT2D eigenvalue weighted by Crippen LogP contribution is 2.20. The number of H-pyrrole nitrogens is 1. The number of rotatable bonds is 21. The van der Waals surface area contributed by atoms with Gasteiger partial charge >= 0.3 is 11.9 Å². The number of aliphatic carboxylic acids is 2. The lowest BCUT2D eigenvalue weighted by Crippen LogP contribution is -2.57. The SMILES string of the molecule is NCCCC[C@H](NC(=O)[C@H](Cc1cnc[nH]1)NC(=O)[C@@H](N)CCC(=O)O)C(=O)NCC(=O)N[C@@H](Cc1ccc(O)cc1)C(=O)N1CCC[C@H]1C(=O)O. The van der Waals surface area contributed by atoms with Crippen LogP contribution in [-0.2, 0) is 46.4 Å². The minimum Gasteiger partial charge on any atom is -0.508 e. The van der Waals surface area contributed by atoms with Gasteiger partial charge in [-0.05, 0) is 62.8 Å². The van der Waals surface area contributed by atoms with E-state index in [0.29, 0.717) is 37.1 Å². The monoisotopic (exact) mass is 729 g/mol.